The Kier molecular flexibility index (Phi) is 14.1. The number of aromatic nitrogens is 2. The van der Waals surface area contributed by atoms with Gasteiger partial charge in [0.05, 0.1) is 33.2 Å². The van der Waals surface area contributed by atoms with Crippen LogP contribution in [0.15, 0.2) is 261 Å². The summed E-state index contributed by atoms with van der Waals surface area (Å²) < 4.78 is 5.21. The van der Waals surface area contributed by atoms with E-state index in [9.17, 15) is 0 Å². The number of para-hydroxylation sites is 1. The fourth-order valence-corrected chi connectivity index (χ4v) is 16.3. The predicted molar refractivity (Wildman–Crippen MR) is 417 cm³/mol. The highest BCUT2D eigenvalue weighted by atomic mass is 15.2. The summed E-state index contributed by atoms with van der Waals surface area (Å²) >= 11 is 0. The maximum atomic E-state index is 2.74. The quantitative estimate of drug-likeness (QED) is 0.145. The summed E-state index contributed by atoms with van der Waals surface area (Å²) in [6.45, 7) is 35.1. The van der Waals surface area contributed by atoms with Gasteiger partial charge in [0.2, 0.25) is 6.71 Å². The summed E-state index contributed by atoms with van der Waals surface area (Å²) in [5.41, 5.74) is 29.4. The van der Waals surface area contributed by atoms with Crippen molar-refractivity contribution in [1.29, 1.82) is 0 Å². The first kappa shape index (κ1) is 61.9. The van der Waals surface area contributed by atoms with Crippen molar-refractivity contribution in [2.45, 2.75) is 136 Å². The van der Waals surface area contributed by atoms with Crippen molar-refractivity contribution >= 4 is 83.8 Å². The van der Waals surface area contributed by atoms with Crippen LogP contribution in [0.25, 0.3) is 77.2 Å². The average molecular weight is 1260 g/mol. The molecule has 3 nitrogen and oxygen atoms in total. The van der Waals surface area contributed by atoms with Gasteiger partial charge in [0, 0.05) is 55.4 Å². The van der Waals surface area contributed by atoms with Crippen LogP contribution in [0.4, 0.5) is 17.1 Å². The molecule has 14 aromatic rings. The molecule has 0 saturated carbocycles. The van der Waals surface area contributed by atoms with Crippen molar-refractivity contribution in [3.8, 4) is 33.6 Å². The van der Waals surface area contributed by atoms with Gasteiger partial charge in [-0.15, -0.1) is 0 Å². The first-order valence-electron chi connectivity index (χ1n) is 35.1. The maximum Gasteiger partial charge on any atom is 0.247 e. The molecule has 2 aromatic heterocycles. The summed E-state index contributed by atoms with van der Waals surface area (Å²) in [7, 11) is 0. The van der Waals surface area contributed by atoms with E-state index in [0.29, 0.717) is 0 Å². The van der Waals surface area contributed by atoms with E-state index >= 15 is 0 Å². The summed E-state index contributed by atoms with van der Waals surface area (Å²) in [5, 5.41) is 5.04. The lowest BCUT2D eigenvalue weighted by Gasteiger charge is -2.49. The zero-order valence-electron chi connectivity index (χ0n) is 59.2. The van der Waals surface area contributed by atoms with E-state index in [1.54, 1.807) is 0 Å². The molecule has 4 heteroatoms. The van der Waals surface area contributed by atoms with Crippen molar-refractivity contribution < 1.29 is 0 Å². The third-order valence-corrected chi connectivity index (χ3v) is 21.6. The molecule has 0 unspecified atom stereocenters. The molecule has 478 valence electrons. The second-order valence-electron chi connectivity index (χ2n) is 33.0. The third kappa shape index (κ3) is 9.89. The van der Waals surface area contributed by atoms with Gasteiger partial charge >= 0.3 is 0 Å². The molecular weight excluding hydrogens is 1170 g/mol. The second kappa shape index (κ2) is 22.1. The Bertz CT molecular complexity index is 5220. The van der Waals surface area contributed by atoms with Crippen LogP contribution in [0.5, 0.6) is 0 Å². The fraction of sp³-hybridized carbons (Fsp3) is 0.226. The maximum absolute atomic E-state index is 2.74. The third-order valence-electron chi connectivity index (χ3n) is 21.6. The van der Waals surface area contributed by atoms with Crippen LogP contribution in [-0.2, 0) is 32.5 Å². The van der Waals surface area contributed by atoms with Crippen molar-refractivity contribution in [3.05, 3.63) is 311 Å². The van der Waals surface area contributed by atoms with Crippen LogP contribution in [0.3, 0.4) is 0 Å². The Labute approximate surface area is 575 Å². The fourth-order valence-electron chi connectivity index (χ4n) is 16.3. The topological polar surface area (TPSA) is 13.1 Å². The summed E-state index contributed by atoms with van der Waals surface area (Å²) in [6.07, 6.45) is 0. The Hall–Kier alpha value is -9.90. The lowest BCUT2D eigenvalue weighted by atomic mass is 9.29. The van der Waals surface area contributed by atoms with E-state index < -0.39 is 5.41 Å². The van der Waals surface area contributed by atoms with Gasteiger partial charge in [0.1, 0.15) is 0 Å². The van der Waals surface area contributed by atoms with E-state index in [0.717, 1.165) is 33.9 Å². The van der Waals surface area contributed by atoms with Gasteiger partial charge in [0.25, 0.3) is 0 Å². The largest absolute Gasteiger partial charge is 0.310 e. The number of hydrogen-bond donors (Lipinski definition) is 0. The summed E-state index contributed by atoms with van der Waals surface area (Å²) in [4.78, 5) is 2.74. The zero-order chi connectivity index (χ0) is 67.5. The van der Waals surface area contributed by atoms with Crippen LogP contribution < -0.4 is 21.3 Å². The molecule has 0 bridgehead atoms. The van der Waals surface area contributed by atoms with Gasteiger partial charge in [0.15, 0.2) is 0 Å². The highest BCUT2D eigenvalue weighted by molar-refractivity contribution is 6.99. The van der Waals surface area contributed by atoms with Gasteiger partial charge in [-0.1, -0.05) is 316 Å². The minimum absolute atomic E-state index is 0.0677. The number of nitrogens with zero attached hydrogens (tertiary/aromatic N) is 3. The standard InChI is InChI=1S/C93H88BN3/c1-88(2,3)63-39-45-72-73-46-40-64(89(4,5)6)53-81(73)95(80(72)52-63)68-43-49-78-76(57-68)93(61-33-24-18-25-34-61,62-35-26-19-27-36-62)77-51-67(92(13,14)15)56-85-86(77)94(78)79-50-44-69(96-82-54-65(90(7,8)9)41-47-74(82)75-48-42-66(55-83(75)96)91(10,11)12)58-84(79)97(85)87-70(59-29-20-16-21-30-59)37-28-38-71(87)60-31-22-17-23-32-60/h16-58H,1-15H3. The molecule has 2 aliphatic rings. The molecule has 0 fully saturated rings. The lowest BCUT2D eigenvalue weighted by molar-refractivity contribution is 0.587. The average Bonchev–Trinajstić information content (AvgIpc) is 1.65. The summed E-state index contributed by atoms with van der Waals surface area (Å²) in [5.74, 6) is 0. The molecule has 0 amide bonds. The Morgan fingerprint density at radius 2 is 0.660 bits per heavy atom. The molecule has 2 aliphatic heterocycles. The van der Waals surface area contributed by atoms with Crippen LogP contribution in [0, 0.1) is 0 Å². The molecule has 4 heterocycles. The highest BCUT2D eigenvalue weighted by Crippen LogP contribution is 2.55. The first-order valence-corrected chi connectivity index (χ1v) is 35.1. The van der Waals surface area contributed by atoms with E-state index in [1.807, 2.05) is 0 Å². The van der Waals surface area contributed by atoms with Crippen molar-refractivity contribution in [3.63, 3.8) is 0 Å². The van der Waals surface area contributed by atoms with E-state index in [1.165, 1.54) is 127 Å². The minimum atomic E-state index is -0.815. The van der Waals surface area contributed by atoms with Gasteiger partial charge < -0.3 is 14.0 Å². The number of rotatable bonds is 7. The second-order valence-corrected chi connectivity index (χ2v) is 33.0. The first-order chi connectivity index (χ1) is 46.3. The van der Waals surface area contributed by atoms with Crippen LogP contribution in [-0.4, -0.2) is 15.8 Å². The predicted octanol–water partition coefficient (Wildman–Crippen LogP) is 22.7. The Morgan fingerprint density at radius 3 is 1.05 bits per heavy atom. The number of benzene rings is 12. The van der Waals surface area contributed by atoms with Gasteiger partial charge in [-0.25, -0.2) is 0 Å². The lowest BCUT2D eigenvalue weighted by Crippen LogP contribution is -2.65. The van der Waals surface area contributed by atoms with E-state index in [4.69, 9.17) is 0 Å². The highest BCUT2D eigenvalue weighted by Gasteiger charge is 2.53. The van der Waals surface area contributed by atoms with Gasteiger partial charge in [-0.2, -0.15) is 0 Å². The Balaban J connectivity index is 1.10. The minimum Gasteiger partial charge on any atom is -0.310 e. The van der Waals surface area contributed by atoms with E-state index in [-0.39, 0.29) is 33.8 Å². The SMILES string of the molecule is CC(C)(C)c1cc2c3c(c1)C(c1ccccc1)(c1ccccc1)c1cc(-n4c5cc(C(C)(C)C)ccc5c5ccc(C(C)(C)C)cc54)ccc1B3c1ccc(-n3c4cc(C(C)(C)C)ccc4c4ccc(C(C)(C)C)cc43)cc1N2c1c(-c2ccccc2)cccc1-c1ccccc1. The molecule has 0 spiro atoms. The van der Waals surface area contributed by atoms with Crippen molar-refractivity contribution in [2.24, 2.45) is 0 Å². The van der Waals surface area contributed by atoms with Crippen molar-refractivity contribution in [1.82, 2.24) is 9.13 Å². The molecule has 12 aromatic carbocycles. The molecule has 16 rings (SSSR count). The smallest absolute Gasteiger partial charge is 0.247 e. The molecule has 0 saturated heterocycles. The zero-order valence-corrected chi connectivity index (χ0v) is 59.2. The monoisotopic (exact) mass is 1260 g/mol. The Morgan fingerprint density at radius 1 is 0.289 bits per heavy atom. The molecule has 0 radical (unpaired) electrons. The van der Waals surface area contributed by atoms with E-state index in [2.05, 4.69) is 379 Å². The van der Waals surface area contributed by atoms with Crippen LogP contribution in [0.2, 0.25) is 0 Å². The van der Waals surface area contributed by atoms with Crippen LogP contribution in [0.1, 0.15) is 154 Å². The molecule has 0 aliphatic carbocycles. The normalized spacial score (nSPS) is 14.0. The molecule has 0 N–H and O–H groups in total. The van der Waals surface area contributed by atoms with Crippen molar-refractivity contribution in [2.75, 3.05) is 4.90 Å². The number of hydrogen-bond acceptors (Lipinski definition) is 1. The number of fused-ring (bicyclic) bond motifs is 10. The van der Waals surface area contributed by atoms with Gasteiger partial charge in [-0.3, -0.25) is 0 Å². The number of anilines is 3. The molecule has 0 atom stereocenters. The molecule has 97 heavy (non-hydrogen) atoms. The van der Waals surface area contributed by atoms with Crippen LogP contribution >= 0.6 is 0 Å². The van der Waals surface area contributed by atoms with Gasteiger partial charge in [-0.05, 0) is 154 Å². The molecular formula is C93H88BN3. The summed E-state index contributed by atoms with van der Waals surface area (Å²) in [6, 6.07) is 102.